The molecule has 1 aromatic rings. The topological polar surface area (TPSA) is 37.4 Å². The molecular weight excluding hydrogens is 278 g/mol. The van der Waals surface area contributed by atoms with Crippen LogP contribution in [0.15, 0.2) is 29.2 Å². The Labute approximate surface area is 99.3 Å². The molecule has 0 amide bonds. The lowest BCUT2D eigenvalue weighted by atomic mass is 10.2. The van der Waals surface area contributed by atoms with E-state index in [-0.39, 0.29) is 4.83 Å². The van der Waals surface area contributed by atoms with Gasteiger partial charge in [0, 0.05) is 18.9 Å². The standard InChI is InChI=1S/C10H14BrNO2S/c1-8(11)9-4-6-10(7-5-9)15(13,14)12(2)3/h4-8H,1-3H3. The molecule has 1 rings (SSSR count). The van der Waals surface area contributed by atoms with E-state index in [9.17, 15) is 8.42 Å². The van der Waals surface area contributed by atoms with Crippen molar-refractivity contribution < 1.29 is 8.42 Å². The van der Waals surface area contributed by atoms with Crippen molar-refractivity contribution in [2.24, 2.45) is 0 Å². The number of nitrogens with zero attached hydrogens (tertiary/aromatic N) is 1. The average molecular weight is 292 g/mol. The Hall–Kier alpha value is -0.390. The summed E-state index contributed by atoms with van der Waals surface area (Å²) in [5.74, 6) is 0. The predicted octanol–water partition coefficient (Wildman–Crippen LogP) is 2.39. The number of alkyl halides is 1. The van der Waals surface area contributed by atoms with E-state index in [2.05, 4.69) is 15.9 Å². The highest BCUT2D eigenvalue weighted by atomic mass is 79.9. The predicted molar refractivity (Wildman–Crippen MR) is 64.7 cm³/mol. The molecule has 15 heavy (non-hydrogen) atoms. The number of rotatable bonds is 3. The van der Waals surface area contributed by atoms with E-state index < -0.39 is 10.0 Å². The Bertz CT molecular complexity index is 423. The molecule has 0 aromatic heterocycles. The van der Waals surface area contributed by atoms with Crippen molar-refractivity contribution in [3.63, 3.8) is 0 Å². The Morgan fingerprint density at radius 1 is 1.20 bits per heavy atom. The molecule has 1 unspecified atom stereocenters. The Balaban J connectivity index is 3.10. The molecule has 3 nitrogen and oxygen atoms in total. The number of benzene rings is 1. The van der Waals surface area contributed by atoms with Gasteiger partial charge in [0.1, 0.15) is 0 Å². The number of sulfonamides is 1. The lowest BCUT2D eigenvalue weighted by Crippen LogP contribution is -2.22. The van der Waals surface area contributed by atoms with E-state index in [1.807, 2.05) is 19.1 Å². The van der Waals surface area contributed by atoms with E-state index in [0.717, 1.165) is 5.56 Å². The van der Waals surface area contributed by atoms with Crippen molar-refractivity contribution in [3.8, 4) is 0 Å². The third-order valence-electron chi connectivity index (χ3n) is 2.12. The maximum atomic E-state index is 11.7. The van der Waals surface area contributed by atoms with E-state index in [1.54, 1.807) is 12.1 Å². The summed E-state index contributed by atoms with van der Waals surface area (Å²) in [6.07, 6.45) is 0. The van der Waals surface area contributed by atoms with Crippen molar-refractivity contribution in [2.75, 3.05) is 14.1 Å². The van der Waals surface area contributed by atoms with Gasteiger partial charge < -0.3 is 0 Å². The van der Waals surface area contributed by atoms with Gasteiger partial charge in [-0.25, -0.2) is 12.7 Å². The van der Waals surface area contributed by atoms with E-state index >= 15 is 0 Å². The van der Waals surface area contributed by atoms with E-state index in [1.165, 1.54) is 18.4 Å². The largest absolute Gasteiger partial charge is 0.242 e. The Morgan fingerprint density at radius 2 is 1.67 bits per heavy atom. The second kappa shape index (κ2) is 4.63. The zero-order valence-electron chi connectivity index (χ0n) is 8.94. The molecule has 84 valence electrons. The summed E-state index contributed by atoms with van der Waals surface area (Å²) in [4.78, 5) is 0.554. The van der Waals surface area contributed by atoms with Crippen molar-refractivity contribution in [3.05, 3.63) is 29.8 Å². The zero-order valence-corrected chi connectivity index (χ0v) is 11.3. The van der Waals surface area contributed by atoms with Crippen molar-refractivity contribution in [2.45, 2.75) is 16.6 Å². The first-order valence-corrected chi connectivity index (χ1v) is 6.88. The molecule has 0 heterocycles. The summed E-state index contributed by atoms with van der Waals surface area (Å²) in [6.45, 7) is 2.00. The van der Waals surface area contributed by atoms with Crippen LogP contribution in [-0.2, 0) is 10.0 Å². The Kier molecular flexibility index (Phi) is 3.92. The highest BCUT2D eigenvalue weighted by Crippen LogP contribution is 2.23. The van der Waals surface area contributed by atoms with Gasteiger partial charge in [-0.1, -0.05) is 28.1 Å². The van der Waals surface area contributed by atoms with E-state index in [0.29, 0.717) is 4.90 Å². The van der Waals surface area contributed by atoms with Crippen LogP contribution in [0.2, 0.25) is 0 Å². The van der Waals surface area contributed by atoms with Gasteiger partial charge in [0.25, 0.3) is 0 Å². The summed E-state index contributed by atoms with van der Waals surface area (Å²) in [6, 6.07) is 6.89. The minimum absolute atomic E-state index is 0.230. The first-order valence-electron chi connectivity index (χ1n) is 4.52. The summed E-state index contributed by atoms with van der Waals surface area (Å²) in [7, 11) is -0.253. The fraction of sp³-hybridized carbons (Fsp3) is 0.400. The minimum Gasteiger partial charge on any atom is -0.207 e. The van der Waals surface area contributed by atoms with Crippen LogP contribution in [0.3, 0.4) is 0 Å². The molecule has 0 aliphatic carbocycles. The SMILES string of the molecule is CC(Br)c1ccc(S(=O)(=O)N(C)C)cc1. The first kappa shape index (κ1) is 12.7. The van der Waals surface area contributed by atoms with Crippen molar-refractivity contribution in [1.82, 2.24) is 4.31 Å². The fourth-order valence-corrected chi connectivity index (χ4v) is 2.32. The van der Waals surface area contributed by atoms with Crippen LogP contribution in [0.4, 0.5) is 0 Å². The van der Waals surface area contributed by atoms with Gasteiger partial charge in [-0.05, 0) is 24.6 Å². The normalized spacial score (nSPS) is 14.2. The van der Waals surface area contributed by atoms with Crippen LogP contribution in [0, 0.1) is 0 Å². The highest BCUT2D eigenvalue weighted by molar-refractivity contribution is 9.09. The maximum Gasteiger partial charge on any atom is 0.242 e. The quantitative estimate of drug-likeness (QED) is 0.802. The van der Waals surface area contributed by atoms with Crippen molar-refractivity contribution >= 4 is 26.0 Å². The number of hydrogen-bond donors (Lipinski definition) is 0. The van der Waals surface area contributed by atoms with Gasteiger partial charge in [0.05, 0.1) is 4.90 Å². The molecular formula is C10H14BrNO2S. The van der Waals surface area contributed by atoms with Crippen LogP contribution in [-0.4, -0.2) is 26.8 Å². The highest BCUT2D eigenvalue weighted by Gasteiger charge is 2.16. The maximum absolute atomic E-state index is 11.7. The summed E-state index contributed by atoms with van der Waals surface area (Å²) >= 11 is 3.43. The van der Waals surface area contributed by atoms with Gasteiger partial charge in [-0.15, -0.1) is 0 Å². The molecule has 0 N–H and O–H groups in total. The van der Waals surface area contributed by atoms with Crippen LogP contribution in [0.5, 0.6) is 0 Å². The van der Waals surface area contributed by atoms with Gasteiger partial charge in [-0.2, -0.15) is 0 Å². The third kappa shape index (κ3) is 2.80. The third-order valence-corrected chi connectivity index (χ3v) is 4.48. The minimum atomic E-state index is -3.30. The zero-order chi connectivity index (χ0) is 11.6. The molecule has 0 radical (unpaired) electrons. The molecule has 0 saturated heterocycles. The smallest absolute Gasteiger partial charge is 0.207 e. The molecule has 0 aliphatic rings. The molecule has 0 spiro atoms. The molecule has 0 fully saturated rings. The summed E-state index contributed by atoms with van der Waals surface area (Å²) < 4.78 is 24.7. The molecule has 0 saturated carbocycles. The average Bonchev–Trinajstić information content (AvgIpc) is 2.17. The van der Waals surface area contributed by atoms with Crippen LogP contribution >= 0.6 is 15.9 Å². The molecule has 1 atom stereocenters. The van der Waals surface area contributed by atoms with Gasteiger partial charge in [-0.3, -0.25) is 0 Å². The van der Waals surface area contributed by atoms with Crippen molar-refractivity contribution in [1.29, 1.82) is 0 Å². The van der Waals surface area contributed by atoms with Gasteiger partial charge in [0.15, 0.2) is 0 Å². The second-order valence-corrected chi connectivity index (χ2v) is 7.00. The summed E-state index contributed by atoms with van der Waals surface area (Å²) in [5, 5.41) is 0. The molecule has 0 aliphatic heterocycles. The fourth-order valence-electron chi connectivity index (χ4n) is 1.12. The second-order valence-electron chi connectivity index (χ2n) is 3.47. The number of halogens is 1. The molecule has 0 bridgehead atoms. The van der Waals surface area contributed by atoms with Gasteiger partial charge in [0.2, 0.25) is 10.0 Å². The van der Waals surface area contributed by atoms with Crippen LogP contribution in [0.25, 0.3) is 0 Å². The molecule has 5 heteroatoms. The van der Waals surface area contributed by atoms with Crippen LogP contribution < -0.4 is 0 Å². The van der Waals surface area contributed by atoms with E-state index in [4.69, 9.17) is 0 Å². The summed E-state index contributed by atoms with van der Waals surface area (Å²) in [5.41, 5.74) is 1.06. The first-order chi connectivity index (χ1) is 6.85. The number of hydrogen-bond acceptors (Lipinski definition) is 2. The lowest BCUT2D eigenvalue weighted by molar-refractivity contribution is 0.520. The molecule has 1 aromatic carbocycles. The lowest BCUT2D eigenvalue weighted by Gasteiger charge is -2.12. The Morgan fingerprint density at radius 3 is 2.00 bits per heavy atom. The van der Waals surface area contributed by atoms with Gasteiger partial charge >= 0.3 is 0 Å². The monoisotopic (exact) mass is 291 g/mol. The van der Waals surface area contributed by atoms with Crippen LogP contribution in [0.1, 0.15) is 17.3 Å².